The van der Waals surface area contributed by atoms with Crippen molar-refractivity contribution in [3.05, 3.63) is 69.1 Å². The van der Waals surface area contributed by atoms with Gasteiger partial charge in [-0.15, -0.1) is 11.3 Å². The van der Waals surface area contributed by atoms with Crippen molar-refractivity contribution in [3.8, 4) is 5.69 Å². The average Bonchev–Trinajstić information content (AvgIpc) is 3.33. The molecule has 140 valence electrons. The molecule has 1 saturated heterocycles. The highest BCUT2D eigenvalue weighted by Gasteiger charge is 2.24. The van der Waals surface area contributed by atoms with Gasteiger partial charge in [-0.1, -0.05) is 35.9 Å². The zero-order chi connectivity index (χ0) is 18.8. The first-order valence-electron chi connectivity index (χ1n) is 8.98. The Balaban J connectivity index is 1.42. The van der Waals surface area contributed by atoms with Crippen LogP contribution in [0, 0.1) is 6.92 Å². The van der Waals surface area contributed by atoms with Crippen molar-refractivity contribution in [3.63, 3.8) is 0 Å². The highest BCUT2D eigenvalue weighted by atomic mass is 35.5. The van der Waals surface area contributed by atoms with E-state index in [9.17, 15) is 4.79 Å². The summed E-state index contributed by atoms with van der Waals surface area (Å²) in [6, 6.07) is 13.7. The lowest BCUT2D eigenvalue weighted by Crippen LogP contribution is -2.48. The normalized spacial score (nSPS) is 15.3. The molecule has 1 aliphatic rings. The number of benzene rings is 1. The van der Waals surface area contributed by atoms with Gasteiger partial charge in [-0.2, -0.15) is 5.10 Å². The third-order valence-electron chi connectivity index (χ3n) is 4.90. The Hall–Kier alpha value is -2.15. The van der Waals surface area contributed by atoms with Gasteiger partial charge in [-0.05, 0) is 30.5 Å². The Morgan fingerprint density at radius 1 is 1.11 bits per heavy atom. The zero-order valence-corrected chi connectivity index (χ0v) is 16.7. The quantitative estimate of drug-likeness (QED) is 0.667. The van der Waals surface area contributed by atoms with Gasteiger partial charge in [0, 0.05) is 38.3 Å². The Labute approximate surface area is 167 Å². The molecule has 27 heavy (non-hydrogen) atoms. The van der Waals surface area contributed by atoms with Crippen LogP contribution in [0.15, 0.2) is 47.8 Å². The smallest absolute Gasteiger partial charge is 0.264 e. The average molecular weight is 401 g/mol. The summed E-state index contributed by atoms with van der Waals surface area (Å²) in [7, 11) is 0. The summed E-state index contributed by atoms with van der Waals surface area (Å²) >= 11 is 8.14. The number of amides is 1. The Bertz CT molecular complexity index is 915. The van der Waals surface area contributed by atoms with Gasteiger partial charge in [0.2, 0.25) is 0 Å². The van der Waals surface area contributed by atoms with E-state index >= 15 is 0 Å². The molecule has 0 unspecified atom stereocenters. The van der Waals surface area contributed by atoms with Crippen LogP contribution in [0.3, 0.4) is 0 Å². The number of carbonyl (C=O) groups excluding carboxylic acids is 1. The third kappa shape index (κ3) is 3.78. The first-order chi connectivity index (χ1) is 13.1. The molecule has 3 aromatic rings. The van der Waals surface area contributed by atoms with E-state index in [1.807, 2.05) is 59.7 Å². The fraction of sp³-hybridized carbons (Fsp3) is 0.300. The van der Waals surface area contributed by atoms with Crippen LogP contribution in [0.25, 0.3) is 5.69 Å². The van der Waals surface area contributed by atoms with Crippen LogP contribution < -0.4 is 0 Å². The minimum atomic E-state index is 0.135. The van der Waals surface area contributed by atoms with E-state index in [2.05, 4.69) is 10.00 Å². The molecule has 5 nitrogen and oxygen atoms in total. The standard InChI is InChI=1S/C20H21ClN4OS/c1-15-17(19(21)25(22-15)16-6-3-2-4-7-16)14-23-9-11-24(12-10-23)20(26)18-8-5-13-27-18/h2-8,13H,9-12,14H2,1H3. The molecule has 2 aromatic heterocycles. The summed E-state index contributed by atoms with van der Waals surface area (Å²) in [6.07, 6.45) is 0. The van der Waals surface area contributed by atoms with Gasteiger partial charge < -0.3 is 4.90 Å². The van der Waals surface area contributed by atoms with Gasteiger partial charge in [0.15, 0.2) is 0 Å². The topological polar surface area (TPSA) is 41.4 Å². The second-order valence-electron chi connectivity index (χ2n) is 6.65. The maximum atomic E-state index is 12.5. The van der Waals surface area contributed by atoms with Crippen LogP contribution >= 0.6 is 22.9 Å². The molecular formula is C20H21ClN4OS. The van der Waals surface area contributed by atoms with Crippen LogP contribution in [0.2, 0.25) is 5.15 Å². The second-order valence-corrected chi connectivity index (χ2v) is 7.95. The summed E-state index contributed by atoms with van der Waals surface area (Å²) in [5, 5.41) is 7.22. The van der Waals surface area contributed by atoms with Crippen LogP contribution in [-0.4, -0.2) is 51.7 Å². The number of nitrogens with zero attached hydrogens (tertiary/aromatic N) is 4. The summed E-state index contributed by atoms with van der Waals surface area (Å²) in [5.41, 5.74) is 2.96. The van der Waals surface area contributed by atoms with Gasteiger partial charge in [-0.3, -0.25) is 9.69 Å². The van der Waals surface area contributed by atoms with Crippen LogP contribution in [0.5, 0.6) is 0 Å². The third-order valence-corrected chi connectivity index (χ3v) is 6.14. The molecule has 0 aliphatic carbocycles. The number of rotatable bonds is 4. The van der Waals surface area contributed by atoms with Gasteiger partial charge in [0.05, 0.1) is 16.3 Å². The van der Waals surface area contributed by atoms with Gasteiger partial charge in [0.1, 0.15) is 5.15 Å². The van der Waals surface area contributed by atoms with Gasteiger partial charge in [0.25, 0.3) is 5.91 Å². The molecule has 0 spiro atoms. The molecule has 7 heteroatoms. The Kier molecular flexibility index (Phi) is 5.29. The number of aromatic nitrogens is 2. The SMILES string of the molecule is Cc1nn(-c2ccccc2)c(Cl)c1CN1CCN(C(=O)c2cccs2)CC1. The summed E-state index contributed by atoms with van der Waals surface area (Å²) in [5.74, 6) is 0.135. The van der Waals surface area contributed by atoms with E-state index in [0.29, 0.717) is 5.15 Å². The van der Waals surface area contributed by atoms with Crippen molar-refractivity contribution < 1.29 is 4.79 Å². The van der Waals surface area contributed by atoms with Crippen molar-refractivity contribution in [2.75, 3.05) is 26.2 Å². The maximum Gasteiger partial charge on any atom is 0.264 e. The first-order valence-corrected chi connectivity index (χ1v) is 10.2. The molecule has 1 aromatic carbocycles. The van der Waals surface area contributed by atoms with E-state index in [4.69, 9.17) is 11.6 Å². The highest BCUT2D eigenvalue weighted by Crippen LogP contribution is 2.25. The Morgan fingerprint density at radius 3 is 2.52 bits per heavy atom. The number of aryl methyl sites for hydroxylation is 1. The summed E-state index contributed by atoms with van der Waals surface area (Å²) in [4.78, 5) is 17.6. The van der Waals surface area contributed by atoms with E-state index in [0.717, 1.165) is 54.5 Å². The van der Waals surface area contributed by atoms with Crippen LogP contribution in [-0.2, 0) is 6.54 Å². The highest BCUT2D eigenvalue weighted by molar-refractivity contribution is 7.12. The minimum Gasteiger partial charge on any atom is -0.335 e. The van der Waals surface area contributed by atoms with Crippen LogP contribution in [0.1, 0.15) is 20.9 Å². The molecule has 0 radical (unpaired) electrons. The van der Waals surface area contributed by atoms with E-state index < -0.39 is 0 Å². The van der Waals surface area contributed by atoms with Crippen LogP contribution in [0.4, 0.5) is 0 Å². The molecule has 3 heterocycles. The molecule has 1 aliphatic heterocycles. The number of hydrogen-bond donors (Lipinski definition) is 0. The van der Waals surface area contributed by atoms with Gasteiger partial charge >= 0.3 is 0 Å². The van der Waals surface area contributed by atoms with Crippen molar-refractivity contribution in [1.82, 2.24) is 19.6 Å². The molecule has 0 N–H and O–H groups in total. The van der Waals surface area contributed by atoms with Crippen molar-refractivity contribution >= 4 is 28.8 Å². The van der Waals surface area contributed by atoms with Crippen molar-refractivity contribution in [1.29, 1.82) is 0 Å². The van der Waals surface area contributed by atoms with E-state index in [1.165, 1.54) is 11.3 Å². The monoisotopic (exact) mass is 400 g/mol. The lowest BCUT2D eigenvalue weighted by Gasteiger charge is -2.34. The van der Waals surface area contributed by atoms with Gasteiger partial charge in [-0.25, -0.2) is 4.68 Å². The number of piperazine rings is 1. The fourth-order valence-corrected chi connectivity index (χ4v) is 4.36. The largest absolute Gasteiger partial charge is 0.335 e. The van der Waals surface area contributed by atoms with Crippen molar-refractivity contribution in [2.24, 2.45) is 0 Å². The number of halogens is 1. The number of thiophene rings is 1. The molecule has 0 saturated carbocycles. The fourth-order valence-electron chi connectivity index (χ4n) is 3.34. The summed E-state index contributed by atoms with van der Waals surface area (Å²) in [6.45, 7) is 5.89. The summed E-state index contributed by atoms with van der Waals surface area (Å²) < 4.78 is 1.79. The van der Waals surface area contributed by atoms with E-state index in [1.54, 1.807) is 4.68 Å². The molecule has 0 atom stereocenters. The second kappa shape index (κ2) is 7.84. The zero-order valence-electron chi connectivity index (χ0n) is 15.1. The first kappa shape index (κ1) is 18.2. The number of carbonyl (C=O) groups is 1. The predicted octanol–water partition coefficient (Wildman–Crippen LogP) is 3.85. The molecule has 4 rings (SSSR count). The lowest BCUT2D eigenvalue weighted by atomic mass is 10.2. The minimum absolute atomic E-state index is 0.135. The Morgan fingerprint density at radius 2 is 1.85 bits per heavy atom. The molecule has 1 fully saturated rings. The maximum absolute atomic E-state index is 12.5. The number of hydrogen-bond acceptors (Lipinski definition) is 4. The lowest BCUT2D eigenvalue weighted by molar-refractivity contribution is 0.0633. The molecule has 0 bridgehead atoms. The molecular weight excluding hydrogens is 380 g/mol. The van der Waals surface area contributed by atoms with E-state index in [-0.39, 0.29) is 5.91 Å². The molecule has 1 amide bonds. The predicted molar refractivity (Wildman–Crippen MR) is 109 cm³/mol. The van der Waals surface area contributed by atoms with Crippen molar-refractivity contribution in [2.45, 2.75) is 13.5 Å². The number of para-hydroxylation sites is 1.